The summed E-state index contributed by atoms with van der Waals surface area (Å²) in [7, 11) is 1.32. The van der Waals surface area contributed by atoms with Gasteiger partial charge >= 0.3 is 6.09 Å². The first-order chi connectivity index (χ1) is 29.5. The predicted molar refractivity (Wildman–Crippen MR) is 236 cm³/mol. The van der Waals surface area contributed by atoms with E-state index in [1.807, 2.05) is 31.1 Å². The lowest BCUT2D eigenvalue weighted by Crippen LogP contribution is -2.51. The number of hydrogen-bond acceptors (Lipinski definition) is 6. The molecule has 2 saturated carbocycles. The van der Waals surface area contributed by atoms with Gasteiger partial charge in [-0.15, -0.1) is 0 Å². The number of alkyl carbamates (subject to hydrolysis) is 1. The molecule has 5 atom stereocenters. The van der Waals surface area contributed by atoms with Gasteiger partial charge in [-0.3, -0.25) is 9.59 Å². The largest absolute Gasteiger partial charge is 0.453 e. The van der Waals surface area contributed by atoms with Crippen molar-refractivity contribution in [1.29, 1.82) is 0 Å². The number of nitrogens with zero attached hydrogens (tertiary/aromatic N) is 4. The summed E-state index contributed by atoms with van der Waals surface area (Å²) >= 11 is 0. The van der Waals surface area contributed by atoms with Crippen molar-refractivity contribution in [2.24, 2.45) is 17.3 Å². The molecule has 11 heteroatoms. The van der Waals surface area contributed by atoms with Crippen molar-refractivity contribution < 1.29 is 19.1 Å². The van der Waals surface area contributed by atoms with Gasteiger partial charge in [0.15, 0.2) is 0 Å². The Hall–Kier alpha value is -4.93. The highest BCUT2D eigenvalue weighted by atomic mass is 16.5. The molecule has 322 valence electrons. The van der Waals surface area contributed by atoms with Crippen LogP contribution in [-0.2, 0) is 27.2 Å². The smallest absolute Gasteiger partial charge is 0.407 e. The SMILES string of the molecule is COC(=O)N[C@H](C(=O)N1CCC[C@@H]1c1ncc(-c2ccc(-c3ccc(-c4cnc([C@@H]5CCCN5C(=O)CC(C)C)[nH]4)c4c3CC3(CCCC3)C4)c3c2C2CCC3C2)[nH]1)C(C)C. The topological polar surface area (TPSA) is 136 Å². The number of methoxy groups -OCH3 is 1. The van der Waals surface area contributed by atoms with Gasteiger partial charge in [-0.05, 0) is 133 Å². The molecule has 2 aromatic heterocycles. The van der Waals surface area contributed by atoms with E-state index in [1.165, 1.54) is 96.6 Å². The average molecular weight is 826 g/mol. The second kappa shape index (κ2) is 15.8. The zero-order valence-electron chi connectivity index (χ0n) is 36.7. The second-order valence-corrected chi connectivity index (χ2v) is 20.1. The van der Waals surface area contributed by atoms with Crippen LogP contribution in [0.15, 0.2) is 36.7 Å². The number of benzene rings is 2. The van der Waals surface area contributed by atoms with Crippen LogP contribution in [0.5, 0.6) is 0 Å². The number of likely N-dealkylation sites (tertiary alicyclic amines) is 2. The van der Waals surface area contributed by atoms with Gasteiger partial charge in [-0.25, -0.2) is 14.8 Å². The van der Waals surface area contributed by atoms with Gasteiger partial charge in [0.2, 0.25) is 11.8 Å². The van der Waals surface area contributed by atoms with Gasteiger partial charge in [0, 0.05) is 30.6 Å². The van der Waals surface area contributed by atoms with Crippen LogP contribution in [0.2, 0.25) is 0 Å². The quantitative estimate of drug-likeness (QED) is 0.146. The fourth-order valence-electron chi connectivity index (χ4n) is 12.7. The minimum Gasteiger partial charge on any atom is -0.453 e. The van der Waals surface area contributed by atoms with Gasteiger partial charge in [0.1, 0.15) is 17.7 Å². The van der Waals surface area contributed by atoms with E-state index >= 15 is 0 Å². The third-order valence-corrected chi connectivity index (χ3v) is 15.5. The number of imidazole rings is 2. The van der Waals surface area contributed by atoms with Crippen molar-refractivity contribution in [1.82, 2.24) is 35.1 Å². The van der Waals surface area contributed by atoms with E-state index in [2.05, 4.69) is 58.3 Å². The molecule has 4 fully saturated rings. The maximum absolute atomic E-state index is 13.9. The highest BCUT2D eigenvalue weighted by Crippen LogP contribution is 2.60. The number of fused-ring (bicyclic) bond motifs is 6. The number of H-pyrrole nitrogens is 2. The highest BCUT2D eigenvalue weighted by molar-refractivity contribution is 5.87. The number of carbonyl (C=O) groups is 3. The van der Waals surface area contributed by atoms with E-state index in [0.29, 0.717) is 36.1 Å². The van der Waals surface area contributed by atoms with Gasteiger partial charge in [-0.2, -0.15) is 0 Å². The molecule has 0 radical (unpaired) electrons. The first-order valence-corrected chi connectivity index (χ1v) is 23.4. The van der Waals surface area contributed by atoms with E-state index in [0.717, 1.165) is 68.1 Å². The van der Waals surface area contributed by atoms with Crippen molar-refractivity contribution in [2.75, 3.05) is 20.2 Å². The van der Waals surface area contributed by atoms with E-state index in [4.69, 9.17) is 14.7 Å². The first-order valence-electron chi connectivity index (χ1n) is 23.4. The van der Waals surface area contributed by atoms with Crippen molar-refractivity contribution in [3.8, 4) is 33.6 Å². The number of aromatic amines is 2. The molecule has 4 aliphatic carbocycles. The molecule has 2 unspecified atom stereocenters. The van der Waals surface area contributed by atoms with Gasteiger partial charge < -0.3 is 29.8 Å². The van der Waals surface area contributed by atoms with Crippen molar-refractivity contribution >= 4 is 17.9 Å². The van der Waals surface area contributed by atoms with Crippen LogP contribution in [0.25, 0.3) is 33.6 Å². The summed E-state index contributed by atoms with van der Waals surface area (Å²) in [5.74, 6) is 3.21. The summed E-state index contributed by atoms with van der Waals surface area (Å²) in [5.41, 5.74) is 13.8. The van der Waals surface area contributed by atoms with Gasteiger partial charge in [0.05, 0.1) is 43.0 Å². The number of aromatic nitrogens is 4. The number of ether oxygens (including phenoxy) is 1. The molecule has 11 nitrogen and oxygen atoms in total. The van der Waals surface area contributed by atoms with Crippen LogP contribution in [0.3, 0.4) is 0 Å². The van der Waals surface area contributed by atoms with E-state index < -0.39 is 12.1 Å². The lowest BCUT2D eigenvalue weighted by Gasteiger charge is -2.30. The molecule has 2 aromatic carbocycles. The minimum absolute atomic E-state index is 0.0168. The van der Waals surface area contributed by atoms with Crippen molar-refractivity contribution in [3.63, 3.8) is 0 Å². The normalized spacial score (nSPS) is 24.0. The molecular formula is C50H63N7O4. The minimum atomic E-state index is -0.667. The van der Waals surface area contributed by atoms with Crippen LogP contribution >= 0.6 is 0 Å². The number of rotatable bonds is 10. The van der Waals surface area contributed by atoms with E-state index in [1.54, 1.807) is 0 Å². The van der Waals surface area contributed by atoms with E-state index in [9.17, 15) is 14.4 Å². The lowest BCUT2D eigenvalue weighted by molar-refractivity contribution is -0.135. The van der Waals surface area contributed by atoms with Crippen LogP contribution in [0.1, 0.15) is 163 Å². The maximum Gasteiger partial charge on any atom is 0.407 e. The zero-order valence-corrected chi connectivity index (χ0v) is 36.7. The van der Waals surface area contributed by atoms with Gasteiger partial charge in [0.25, 0.3) is 0 Å². The number of amides is 3. The van der Waals surface area contributed by atoms with Crippen molar-refractivity contribution in [3.05, 3.63) is 70.6 Å². The van der Waals surface area contributed by atoms with Crippen LogP contribution in [0.4, 0.5) is 4.79 Å². The fraction of sp³-hybridized carbons (Fsp3) is 0.580. The Labute approximate surface area is 360 Å². The van der Waals surface area contributed by atoms with E-state index in [-0.39, 0.29) is 29.8 Å². The summed E-state index contributed by atoms with van der Waals surface area (Å²) in [6, 6.07) is 8.70. The number of nitrogens with one attached hydrogen (secondary N) is 3. The number of hydrogen-bond donors (Lipinski definition) is 3. The Morgan fingerprint density at radius 3 is 1.95 bits per heavy atom. The third-order valence-electron chi connectivity index (χ3n) is 15.5. The Balaban J connectivity index is 0.984. The van der Waals surface area contributed by atoms with Crippen LogP contribution < -0.4 is 5.32 Å². The molecule has 6 aliphatic rings. The van der Waals surface area contributed by atoms with Crippen LogP contribution in [-0.4, -0.2) is 73.9 Å². The Morgan fingerprint density at radius 2 is 1.31 bits per heavy atom. The Kier molecular flexibility index (Phi) is 10.4. The molecule has 4 aromatic rings. The summed E-state index contributed by atoms with van der Waals surface area (Å²) in [5, 5.41) is 2.77. The molecule has 1 spiro atoms. The summed E-state index contributed by atoms with van der Waals surface area (Å²) in [6.07, 6.45) is 18.8. The molecule has 3 amide bonds. The molecule has 4 heterocycles. The molecule has 2 bridgehead atoms. The lowest BCUT2D eigenvalue weighted by atomic mass is 9.80. The average Bonchev–Trinajstić information content (AvgIpc) is 4.10. The molecule has 3 N–H and O–H groups in total. The Morgan fingerprint density at radius 1 is 0.754 bits per heavy atom. The predicted octanol–water partition coefficient (Wildman–Crippen LogP) is 9.91. The first kappa shape index (κ1) is 40.2. The molecule has 10 rings (SSSR count). The van der Waals surface area contributed by atoms with Crippen molar-refractivity contribution in [2.45, 2.75) is 148 Å². The zero-order chi connectivity index (χ0) is 42.2. The molecular weight excluding hydrogens is 763 g/mol. The highest BCUT2D eigenvalue weighted by Gasteiger charge is 2.45. The molecule has 2 saturated heterocycles. The Bertz CT molecular complexity index is 2350. The summed E-state index contributed by atoms with van der Waals surface area (Å²) in [4.78, 5) is 60.6. The summed E-state index contributed by atoms with van der Waals surface area (Å²) < 4.78 is 4.85. The third kappa shape index (κ3) is 6.98. The second-order valence-electron chi connectivity index (χ2n) is 20.1. The monoisotopic (exact) mass is 825 g/mol. The molecule has 61 heavy (non-hydrogen) atoms. The number of carbonyl (C=O) groups excluding carboxylic acids is 3. The standard InChI is InChI=1S/C50H63N7O4/c1-28(2)22-42(58)56-20-8-10-40(56)46-51-26-38(53-46)33-15-14-32(36-24-50(25-37(33)36)18-6-7-19-50)34-16-17-35(44-31-13-12-30(23-31)43(34)44)39-27-52-47(54-39)41-11-9-21-57(41)48(59)45(29(3)4)55-49(60)61-5/h14-17,26-31,40-41,45H,6-13,18-25H2,1-5H3,(H,51,53)(H,52,54)(H,55,60)/t30?,31?,40-,41+,45-/m0/s1. The van der Waals surface area contributed by atoms with Gasteiger partial charge in [-0.1, -0.05) is 64.8 Å². The maximum atomic E-state index is 13.9. The molecule has 2 aliphatic heterocycles. The summed E-state index contributed by atoms with van der Waals surface area (Å²) in [6.45, 7) is 9.56. The van der Waals surface area contributed by atoms with Crippen LogP contribution in [0, 0.1) is 17.3 Å². The fourth-order valence-corrected chi connectivity index (χ4v) is 12.7.